The third-order valence-electron chi connectivity index (χ3n) is 2.67. The summed E-state index contributed by atoms with van der Waals surface area (Å²) >= 11 is 0. The number of rotatable bonds is 4. The van der Waals surface area contributed by atoms with E-state index in [0.29, 0.717) is 11.9 Å². The van der Waals surface area contributed by atoms with Crippen molar-refractivity contribution in [2.75, 3.05) is 6.54 Å². The molecule has 4 nitrogen and oxygen atoms in total. The fraction of sp³-hybridized carbons (Fsp3) is 0.214. The van der Waals surface area contributed by atoms with E-state index in [1.807, 2.05) is 25.1 Å². The van der Waals surface area contributed by atoms with Gasteiger partial charge in [0.2, 0.25) is 10.0 Å². The van der Waals surface area contributed by atoms with Crippen molar-refractivity contribution < 1.29 is 8.42 Å². The van der Waals surface area contributed by atoms with Crippen molar-refractivity contribution >= 4 is 20.9 Å². The molecule has 0 aliphatic carbocycles. The van der Waals surface area contributed by atoms with Crippen molar-refractivity contribution in [3.63, 3.8) is 0 Å². The third kappa shape index (κ3) is 2.92. The zero-order chi connectivity index (χ0) is 13.9. The molecule has 0 unspecified atom stereocenters. The molecule has 2 rings (SSSR count). The van der Waals surface area contributed by atoms with Gasteiger partial charge < -0.3 is 0 Å². The van der Waals surface area contributed by atoms with Gasteiger partial charge >= 0.3 is 0 Å². The van der Waals surface area contributed by atoms with Crippen LogP contribution < -0.4 is 4.72 Å². The van der Waals surface area contributed by atoms with Crippen LogP contribution in [0.5, 0.6) is 0 Å². The van der Waals surface area contributed by atoms with Crippen LogP contribution in [0.3, 0.4) is 0 Å². The van der Waals surface area contributed by atoms with E-state index in [0.717, 1.165) is 11.1 Å². The van der Waals surface area contributed by atoms with Crippen LogP contribution in [-0.2, 0) is 10.0 Å². The molecule has 0 atom stereocenters. The Morgan fingerprint density at radius 2 is 2.11 bits per heavy atom. The lowest BCUT2D eigenvalue weighted by Crippen LogP contribution is -2.25. The Hall–Kier alpha value is -1.90. The number of sulfonamides is 1. The predicted octanol–water partition coefficient (Wildman–Crippen LogP) is 1.84. The van der Waals surface area contributed by atoms with E-state index in [1.54, 1.807) is 12.1 Å². The number of pyridine rings is 1. The van der Waals surface area contributed by atoms with Gasteiger partial charge in [0.05, 0.1) is 5.52 Å². The lowest BCUT2D eigenvalue weighted by Gasteiger charge is -2.08. The van der Waals surface area contributed by atoms with Gasteiger partial charge in [-0.05, 0) is 19.1 Å². The van der Waals surface area contributed by atoms with Crippen LogP contribution in [0, 0.1) is 19.3 Å². The average molecular weight is 274 g/mol. The van der Waals surface area contributed by atoms with E-state index in [4.69, 9.17) is 6.42 Å². The van der Waals surface area contributed by atoms with Gasteiger partial charge in [-0.25, -0.2) is 13.1 Å². The molecule has 0 saturated heterocycles. The molecule has 1 aromatic carbocycles. The summed E-state index contributed by atoms with van der Waals surface area (Å²) in [4.78, 5) is 4.50. The van der Waals surface area contributed by atoms with E-state index < -0.39 is 10.0 Å². The minimum atomic E-state index is -3.58. The standard InChI is InChI=1S/C14H14N2O2S/c1-3-4-10-15-19(17,18)13-7-5-6-12-9-8-11(2)16-14(12)13/h1,5-9,15H,4,10H2,2H3. The van der Waals surface area contributed by atoms with Crippen LogP contribution in [0.15, 0.2) is 35.2 Å². The quantitative estimate of drug-likeness (QED) is 0.683. The summed E-state index contributed by atoms with van der Waals surface area (Å²) in [5.74, 6) is 2.40. The van der Waals surface area contributed by atoms with E-state index in [2.05, 4.69) is 15.6 Å². The first-order chi connectivity index (χ1) is 9.04. The Labute approximate surface area is 112 Å². The van der Waals surface area contributed by atoms with Gasteiger partial charge in [0, 0.05) is 24.0 Å². The van der Waals surface area contributed by atoms with Gasteiger partial charge in [0.15, 0.2) is 0 Å². The van der Waals surface area contributed by atoms with Gasteiger partial charge in [-0.2, -0.15) is 0 Å². The number of fused-ring (bicyclic) bond motifs is 1. The lowest BCUT2D eigenvalue weighted by molar-refractivity contribution is 0.583. The van der Waals surface area contributed by atoms with Gasteiger partial charge in [-0.15, -0.1) is 12.3 Å². The number of benzene rings is 1. The number of terminal acetylenes is 1. The summed E-state index contributed by atoms with van der Waals surface area (Å²) in [5, 5.41) is 0.797. The number of hydrogen-bond acceptors (Lipinski definition) is 3. The largest absolute Gasteiger partial charge is 0.252 e. The molecule has 5 heteroatoms. The van der Waals surface area contributed by atoms with Crippen molar-refractivity contribution in [3.8, 4) is 12.3 Å². The molecule has 0 spiro atoms. The highest BCUT2D eigenvalue weighted by molar-refractivity contribution is 7.89. The third-order valence-corrected chi connectivity index (χ3v) is 4.17. The Morgan fingerprint density at radius 1 is 1.32 bits per heavy atom. The van der Waals surface area contributed by atoms with Gasteiger partial charge in [-0.1, -0.05) is 18.2 Å². The Morgan fingerprint density at radius 3 is 2.84 bits per heavy atom. The molecule has 0 bridgehead atoms. The van der Waals surface area contributed by atoms with E-state index in [9.17, 15) is 8.42 Å². The minimum absolute atomic E-state index is 0.186. The summed E-state index contributed by atoms with van der Waals surface area (Å²) in [5.41, 5.74) is 1.26. The molecular formula is C14H14N2O2S. The van der Waals surface area contributed by atoms with Crippen molar-refractivity contribution in [3.05, 3.63) is 36.0 Å². The van der Waals surface area contributed by atoms with Crippen LogP contribution in [0.2, 0.25) is 0 Å². The summed E-state index contributed by atoms with van der Waals surface area (Å²) in [6.45, 7) is 2.05. The van der Waals surface area contributed by atoms with Gasteiger partial charge in [0.1, 0.15) is 4.90 Å². The van der Waals surface area contributed by atoms with Crippen molar-refractivity contribution in [1.29, 1.82) is 0 Å². The molecule has 98 valence electrons. The zero-order valence-electron chi connectivity index (χ0n) is 10.6. The fourth-order valence-corrected chi connectivity index (χ4v) is 2.97. The topological polar surface area (TPSA) is 59.1 Å². The number of aryl methyl sites for hydroxylation is 1. The molecule has 0 amide bonds. The molecule has 0 fully saturated rings. The summed E-state index contributed by atoms with van der Waals surface area (Å²) < 4.78 is 26.9. The Balaban J connectivity index is 2.50. The van der Waals surface area contributed by atoms with E-state index in [-0.39, 0.29) is 11.4 Å². The molecule has 2 aromatic rings. The molecule has 1 heterocycles. The van der Waals surface area contributed by atoms with Gasteiger partial charge in [0.25, 0.3) is 0 Å². The first-order valence-electron chi connectivity index (χ1n) is 5.84. The highest BCUT2D eigenvalue weighted by Crippen LogP contribution is 2.21. The zero-order valence-corrected chi connectivity index (χ0v) is 11.4. The molecule has 0 aliphatic heterocycles. The number of nitrogens with zero attached hydrogens (tertiary/aromatic N) is 1. The molecule has 1 aromatic heterocycles. The maximum atomic E-state index is 12.2. The Bertz CT molecular complexity index is 746. The maximum Gasteiger partial charge on any atom is 0.242 e. The number of hydrogen-bond donors (Lipinski definition) is 1. The van der Waals surface area contributed by atoms with Crippen LogP contribution in [0.4, 0.5) is 0 Å². The highest BCUT2D eigenvalue weighted by atomic mass is 32.2. The van der Waals surface area contributed by atoms with Crippen LogP contribution in [0.1, 0.15) is 12.1 Å². The predicted molar refractivity (Wildman–Crippen MR) is 75.1 cm³/mol. The monoisotopic (exact) mass is 274 g/mol. The molecule has 0 aliphatic rings. The van der Waals surface area contributed by atoms with Crippen molar-refractivity contribution in [2.45, 2.75) is 18.2 Å². The molecule has 19 heavy (non-hydrogen) atoms. The average Bonchev–Trinajstić information content (AvgIpc) is 2.38. The normalized spacial score (nSPS) is 11.4. The number of nitrogens with one attached hydrogen (secondary N) is 1. The second kappa shape index (κ2) is 5.39. The summed E-state index contributed by atoms with van der Waals surface area (Å²) in [6.07, 6.45) is 5.47. The fourth-order valence-electron chi connectivity index (χ4n) is 1.77. The minimum Gasteiger partial charge on any atom is -0.252 e. The molecule has 1 N–H and O–H groups in total. The maximum absolute atomic E-state index is 12.2. The summed E-state index contributed by atoms with van der Waals surface area (Å²) in [7, 11) is -3.58. The van der Waals surface area contributed by atoms with Gasteiger partial charge in [-0.3, -0.25) is 4.98 Å². The first kappa shape index (κ1) is 13.5. The summed E-state index contributed by atoms with van der Waals surface area (Å²) in [6, 6.07) is 8.80. The number of aromatic nitrogens is 1. The smallest absolute Gasteiger partial charge is 0.242 e. The van der Waals surface area contributed by atoms with Crippen LogP contribution in [0.25, 0.3) is 10.9 Å². The second-order valence-corrected chi connectivity index (χ2v) is 5.87. The van der Waals surface area contributed by atoms with Crippen LogP contribution >= 0.6 is 0 Å². The SMILES string of the molecule is C#CCCNS(=O)(=O)c1cccc2ccc(C)nc12. The number of para-hydroxylation sites is 1. The van der Waals surface area contributed by atoms with Crippen LogP contribution in [-0.4, -0.2) is 19.9 Å². The molecule has 0 saturated carbocycles. The first-order valence-corrected chi connectivity index (χ1v) is 7.32. The van der Waals surface area contributed by atoms with E-state index >= 15 is 0 Å². The Kier molecular flexibility index (Phi) is 3.84. The van der Waals surface area contributed by atoms with Crippen molar-refractivity contribution in [1.82, 2.24) is 9.71 Å². The molecular weight excluding hydrogens is 260 g/mol. The second-order valence-electron chi connectivity index (χ2n) is 4.13. The van der Waals surface area contributed by atoms with Crippen molar-refractivity contribution in [2.24, 2.45) is 0 Å². The lowest BCUT2D eigenvalue weighted by atomic mass is 10.2. The molecule has 0 radical (unpaired) electrons. The van der Waals surface area contributed by atoms with E-state index in [1.165, 1.54) is 0 Å². The highest BCUT2D eigenvalue weighted by Gasteiger charge is 2.17.